The number of carbonyl (C=O) groups is 2. The van der Waals surface area contributed by atoms with E-state index in [1.54, 1.807) is 36.4 Å². The van der Waals surface area contributed by atoms with Crippen molar-refractivity contribution in [1.29, 1.82) is 0 Å². The minimum absolute atomic E-state index is 0.316. The topological polar surface area (TPSA) is 67.8 Å². The normalized spacial score (nSPS) is 11.0. The fraction of sp³-hybridized carbons (Fsp3) is 0.0417. The van der Waals surface area contributed by atoms with E-state index in [4.69, 9.17) is 4.74 Å². The molecule has 0 spiro atoms. The molecular weight excluding hydrogens is 444 g/mol. The molecule has 1 N–H and O–H groups in total. The third kappa shape index (κ3) is 5.99. The van der Waals surface area contributed by atoms with E-state index in [0.29, 0.717) is 16.9 Å². The SMILES string of the molecule is Cc1ccccc1C(=O)NN=Cc1cc(Br)ccc1OC(=O)C=Cc1ccccc1. The number of hydrazone groups is 1. The fourth-order valence-electron chi connectivity index (χ4n) is 2.63. The Bertz CT molecular complexity index is 1110. The highest BCUT2D eigenvalue weighted by molar-refractivity contribution is 9.10. The van der Waals surface area contributed by atoms with Gasteiger partial charge in [-0.1, -0.05) is 64.5 Å². The number of halogens is 1. The Morgan fingerprint density at radius 3 is 2.50 bits per heavy atom. The molecule has 3 aromatic rings. The molecule has 150 valence electrons. The minimum atomic E-state index is -0.514. The van der Waals surface area contributed by atoms with Crippen LogP contribution in [0.4, 0.5) is 0 Å². The fourth-order valence-corrected chi connectivity index (χ4v) is 3.01. The number of carbonyl (C=O) groups excluding carboxylic acids is 2. The first-order chi connectivity index (χ1) is 14.5. The molecule has 0 bridgehead atoms. The number of hydrogen-bond acceptors (Lipinski definition) is 4. The standard InChI is InChI=1S/C24H19BrN2O3/c1-17-7-5-6-10-21(17)24(29)27-26-16-19-15-20(25)12-13-22(19)30-23(28)14-11-18-8-3-2-4-9-18/h2-16H,1H3,(H,27,29). The van der Waals surface area contributed by atoms with E-state index in [2.05, 4.69) is 26.5 Å². The summed E-state index contributed by atoms with van der Waals surface area (Å²) in [6, 6.07) is 21.9. The van der Waals surface area contributed by atoms with Crippen molar-refractivity contribution >= 4 is 40.1 Å². The van der Waals surface area contributed by atoms with E-state index >= 15 is 0 Å². The number of ether oxygens (including phenoxy) is 1. The zero-order chi connectivity index (χ0) is 21.3. The Labute approximate surface area is 183 Å². The molecule has 0 saturated heterocycles. The molecule has 0 aromatic heterocycles. The van der Waals surface area contributed by atoms with Crippen molar-refractivity contribution in [3.05, 3.63) is 106 Å². The van der Waals surface area contributed by atoms with Crippen LogP contribution in [-0.4, -0.2) is 18.1 Å². The number of amides is 1. The van der Waals surface area contributed by atoms with Crippen molar-refractivity contribution in [2.24, 2.45) is 5.10 Å². The molecule has 0 unspecified atom stereocenters. The Morgan fingerprint density at radius 2 is 1.73 bits per heavy atom. The van der Waals surface area contributed by atoms with Gasteiger partial charge in [0.25, 0.3) is 5.91 Å². The number of aryl methyl sites for hydroxylation is 1. The monoisotopic (exact) mass is 462 g/mol. The molecule has 0 aliphatic rings. The van der Waals surface area contributed by atoms with Crippen LogP contribution in [0.25, 0.3) is 6.08 Å². The summed E-state index contributed by atoms with van der Waals surface area (Å²) in [5.74, 6) is -0.502. The highest BCUT2D eigenvalue weighted by Crippen LogP contribution is 2.22. The van der Waals surface area contributed by atoms with Crippen LogP contribution in [0.5, 0.6) is 5.75 Å². The molecule has 30 heavy (non-hydrogen) atoms. The van der Waals surface area contributed by atoms with Crippen LogP contribution < -0.4 is 10.2 Å². The van der Waals surface area contributed by atoms with E-state index in [9.17, 15) is 9.59 Å². The van der Waals surface area contributed by atoms with Gasteiger partial charge in [-0.3, -0.25) is 4.79 Å². The molecule has 0 saturated carbocycles. The predicted molar refractivity (Wildman–Crippen MR) is 121 cm³/mol. The summed E-state index contributed by atoms with van der Waals surface area (Å²) in [6.07, 6.45) is 4.47. The zero-order valence-corrected chi connectivity index (χ0v) is 17.8. The summed E-state index contributed by atoms with van der Waals surface area (Å²) in [5, 5.41) is 4.01. The summed E-state index contributed by atoms with van der Waals surface area (Å²) >= 11 is 3.39. The smallest absolute Gasteiger partial charge is 0.336 e. The third-order valence-electron chi connectivity index (χ3n) is 4.15. The van der Waals surface area contributed by atoms with Gasteiger partial charge in [0.2, 0.25) is 0 Å². The second-order valence-electron chi connectivity index (χ2n) is 6.36. The second kappa shape index (κ2) is 10.3. The molecule has 0 heterocycles. The quantitative estimate of drug-likeness (QED) is 0.181. The highest BCUT2D eigenvalue weighted by Gasteiger charge is 2.09. The number of benzene rings is 3. The van der Waals surface area contributed by atoms with Crippen LogP contribution in [0.15, 0.2) is 88.4 Å². The number of nitrogens with zero attached hydrogens (tertiary/aromatic N) is 1. The summed E-state index contributed by atoms with van der Waals surface area (Å²) < 4.78 is 6.22. The lowest BCUT2D eigenvalue weighted by atomic mass is 10.1. The van der Waals surface area contributed by atoms with Crippen LogP contribution >= 0.6 is 15.9 Å². The van der Waals surface area contributed by atoms with E-state index in [0.717, 1.165) is 15.6 Å². The highest BCUT2D eigenvalue weighted by atomic mass is 79.9. The van der Waals surface area contributed by atoms with Gasteiger partial charge in [-0.05, 0) is 48.4 Å². The van der Waals surface area contributed by atoms with Crippen molar-refractivity contribution < 1.29 is 14.3 Å². The molecule has 0 aliphatic heterocycles. The summed E-state index contributed by atoms with van der Waals surface area (Å²) in [7, 11) is 0. The average Bonchev–Trinajstić information content (AvgIpc) is 2.75. The Balaban J connectivity index is 1.69. The first-order valence-corrected chi connectivity index (χ1v) is 9.96. The van der Waals surface area contributed by atoms with Crippen LogP contribution in [0.3, 0.4) is 0 Å². The van der Waals surface area contributed by atoms with Gasteiger partial charge in [0.05, 0.1) is 6.21 Å². The molecule has 5 nitrogen and oxygen atoms in total. The molecule has 3 rings (SSSR count). The lowest BCUT2D eigenvalue weighted by molar-refractivity contribution is -0.128. The molecule has 0 fully saturated rings. The largest absolute Gasteiger partial charge is 0.423 e. The first kappa shape index (κ1) is 21.2. The van der Waals surface area contributed by atoms with Crippen molar-refractivity contribution in [2.45, 2.75) is 6.92 Å². The number of nitrogens with one attached hydrogen (secondary N) is 1. The van der Waals surface area contributed by atoms with Crippen molar-refractivity contribution in [2.75, 3.05) is 0 Å². The Kier molecular flexibility index (Phi) is 7.29. The maximum Gasteiger partial charge on any atom is 0.336 e. The van der Waals surface area contributed by atoms with E-state index < -0.39 is 5.97 Å². The maximum absolute atomic E-state index is 12.3. The van der Waals surface area contributed by atoms with Crippen LogP contribution in [0, 0.1) is 6.92 Å². The van der Waals surface area contributed by atoms with Crippen LogP contribution in [0.2, 0.25) is 0 Å². The number of esters is 1. The van der Waals surface area contributed by atoms with Crippen molar-refractivity contribution in [1.82, 2.24) is 5.43 Å². The van der Waals surface area contributed by atoms with Gasteiger partial charge < -0.3 is 4.74 Å². The summed E-state index contributed by atoms with van der Waals surface area (Å²) in [6.45, 7) is 1.85. The third-order valence-corrected chi connectivity index (χ3v) is 4.65. The molecule has 0 atom stereocenters. The van der Waals surface area contributed by atoms with E-state index in [-0.39, 0.29) is 5.91 Å². The number of rotatable bonds is 6. The number of hydrogen-bond donors (Lipinski definition) is 1. The van der Waals surface area contributed by atoms with Crippen molar-refractivity contribution in [3.63, 3.8) is 0 Å². The van der Waals surface area contributed by atoms with Gasteiger partial charge in [0.1, 0.15) is 5.75 Å². The Morgan fingerprint density at radius 1 is 1.00 bits per heavy atom. The first-order valence-electron chi connectivity index (χ1n) is 9.16. The molecule has 6 heteroatoms. The zero-order valence-electron chi connectivity index (χ0n) is 16.2. The van der Waals surface area contributed by atoms with Gasteiger partial charge in [0, 0.05) is 21.7 Å². The molecule has 0 aliphatic carbocycles. The molecule has 3 aromatic carbocycles. The van der Waals surface area contributed by atoms with Gasteiger partial charge in [-0.15, -0.1) is 0 Å². The summed E-state index contributed by atoms with van der Waals surface area (Å²) in [5.41, 5.74) is 5.33. The summed E-state index contributed by atoms with van der Waals surface area (Å²) in [4.78, 5) is 24.5. The van der Waals surface area contributed by atoms with Crippen LogP contribution in [-0.2, 0) is 4.79 Å². The minimum Gasteiger partial charge on any atom is -0.423 e. The Hall–Kier alpha value is -3.51. The van der Waals surface area contributed by atoms with Crippen LogP contribution in [0.1, 0.15) is 27.0 Å². The molecule has 1 amide bonds. The predicted octanol–water partition coefficient (Wildman–Crippen LogP) is 5.14. The second-order valence-corrected chi connectivity index (χ2v) is 7.28. The maximum atomic E-state index is 12.3. The van der Waals surface area contributed by atoms with E-state index in [1.807, 2.05) is 49.4 Å². The van der Waals surface area contributed by atoms with Gasteiger partial charge >= 0.3 is 5.97 Å². The van der Waals surface area contributed by atoms with E-state index in [1.165, 1.54) is 12.3 Å². The lowest BCUT2D eigenvalue weighted by Crippen LogP contribution is -2.18. The average molecular weight is 463 g/mol. The molecular formula is C24H19BrN2O3. The van der Waals surface area contributed by atoms with Gasteiger partial charge in [-0.25, -0.2) is 10.2 Å². The van der Waals surface area contributed by atoms with Gasteiger partial charge in [0.15, 0.2) is 0 Å². The molecule has 0 radical (unpaired) electrons. The van der Waals surface area contributed by atoms with Crippen molar-refractivity contribution in [3.8, 4) is 5.75 Å². The van der Waals surface area contributed by atoms with Gasteiger partial charge in [-0.2, -0.15) is 5.10 Å². The lowest BCUT2D eigenvalue weighted by Gasteiger charge is -2.07.